The molecule has 0 amide bonds. The summed E-state index contributed by atoms with van der Waals surface area (Å²) in [7, 11) is 1.69. The van der Waals surface area contributed by atoms with Gasteiger partial charge in [-0.25, -0.2) is 0 Å². The van der Waals surface area contributed by atoms with Crippen LogP contribution >= 0.6 is 0 Å². The van der Waals surface area contributed by atoms with E-state index < -0.39 is 0 Å². The van der Waals surface area contributed by atoms with Crippen LogP contribution in [0.25, 0.3) is 0 Å². The van der Waals surface area contributed by atoms with Crippen molar-refractivity contribution < 1.29 is 9.84 Å². The van der Waals surface area contributed by atoms with Gasteiger partial charge in [-0.05, 0) is 73.2 Å². The van der Waals surface area contributed by atoms with E-state index in [9.17, 15) is 5.11 Å². The topological polar surface area (TPSA) is 29.5 Å². The number of hydrogen-bond acceptors (Lipinski definition) is 2. The number of hydrogen-bond donors (Lipinski definition) is 1. The summed E-state index contributed by atoms with van der Waals surface area (Å²) in [6.07, 6.45) is 1.86. The third-order valence-electron chi connectivity index (χ3n) is 3.17. The number of rotatable bonds is 4. The molecular weight excluding hydrogens is 236 g/mol. The zero-order valence-electron chi connectivity index (χ0n) is 11.7. The second kappa shape index (κ2) is 5.79. The fourth-order valence-electron chi connectivity index (χ4n) is 2.36. The van der Waals surface area contributed by atoms with Crippen molar-refractivity contribution in [1.82, 2.24) is 0 Å². The molecule has 2 heteroatoms. The molecule has 0 aliphatic carbocycles. The van der Waals surface area contributed by atoms with E-state index in [0.717, 1.165) is 29.7 Å². The Balaban J connectivity index is 2.11. The first kappa shape index (κ1) is 13.5. The van der Waals surface area contributed by atoms with Crippen molar-refractivity contribution in [3.63, 3.8) is 0 Å². The maximum absolute atomic E-state index is 9.60. The number of phenols is 1. The Morgan fingerprint density at radius 2 is 1.42 bits per heavy atom. The predicted molar refractivity (Wildman–Crippen MR) is 78.0 cm³/mol. The van der Waals surface area contributed by atoms with Gasteiger partial charge in [0.15, 0.2) is 0 Å². The predicted octanol–water partition coefficient (Wildman–Crippen LogP) is 3.80. The average Bonchev–Trinajstić information content (AvgIpc) is 2.34. The van der Waals surface area contributed by atoms with Gasteiger partial charge >= 0.3 is 0 Å². The van der Waals surface area contributed by atoms with Crippen LogP contribution in [0.2, 0.25) is 0 Å². The fourth-order valence-corrected chi connectivity index (χ4v) is 2.36. The van der Waals surface area contributed by atoms with Crippen molar-refractivity contribution in [3.05, 3.63) is 58.7 Å². The highest BCUT2D eigenvalue weighted by molar-refractivity contribution is 5.36. The second-order valence-corrected chi connectivity index (χ2v) is 5.04. The van der Waals surface area contributed by atoms with E-state index in [-0.39, 0.29) is 0 Å². The highest BCUT2D eigenvalue weighted by atomic mass is 16.5. The first-order valence-electron chi connectivity index (χ1n) is 6.51. The summed E-state index contributed by atoms with van der Waals surface area (Å²) in [5, 5.41) is 9.60. The number of ether oxygens (including phenoxy) is 1. The van der Waals surface area contributed by atoms with Crippen molar-refractivity contribution in [1.29, 1.82) is 0 Å². The maximum atomic E-state index is 9.60. The van der Waals surface area contributed by atoms with Gasteiger partial charge in [0.1, 0.15) is 11.5 Å². The van der Waals surface area contributed by atoms with Crippen LogP contribution in [0.4, 0.5) is 0 Å². The fraction of sp³-hybridized carbons (Fsp3) is 0.294. The lowest BCUT2D eigenvalue weighted by molar-refractivity contribution is 0.414. The number of benzene rings is 2. The molecule has 0 heterocycles. The number of aryl methyl sites for hydroxylation is 4. The third-order valence-corrected chi connectivity index (χ3v) is 3.17. The van der Waals surface area contributed by atoms with Gasteiger partial charge in [0, 0.05) is 0 Å². The molecule has 2 rings (SSSR count). The minimum absolute atomic E-state index is 0.344. The summed E-state index contributed by atoms with van der Waals surface area (Å²) in [6, 6.07) is 12.0. The van der Waals surface area contributed by atoms with E-state index in [0.29, 0.717) is 5.75 Å². The lowest BCUT2D eigenvalue weighted by Crippen LogP contribution is -1.94. The highest BCUT2D eigenvalue weighted by Gasteiger charge is 2.02. The molecule has 0 saturated carbocycles. The van der Waals surface area contributed by atoms with Crippen LogP contribution in [0.1, 0.15) is 22.3 Å². The van der Waals surface area contributed by atoms with E-state index >= 15 is 0 Å². The minimum atomic E-state index is 0.344. The summed E-state index contributed by atoms with van der Waals surface area (Å²) in [5.74, 6) is 1.25. The van der Waals surface area contributed by atoms with Gasteiger partial charge < -0.3 is 9.84 Å². The van der Waals surface area contributed by atoms with Crippen molar-refractivity contribution >= 4 is 0 Å². The molecule has 0 aliphatic rings. The number of methoxy groups -OCH3 is 1. The summed E-state index contributed by atoms with van der Waals surface area (Å²) in [5.41, 5.74) is 4.73. The molecule has 0 bridgehead atoms. The van der Waals surface area contributed by atoms with E-state index in [1.54, 1.807) is 13.2 Å². The van der Waals surface area contributed by atoms with Gasteiger partial charge in [0.2, 0.25) is 0 Å². The van der Waals surface area contributed by atoms with Crippen molar-refractivity contribution in [2.45, 2.75) is 26.7 Å². The van der Waals surface area contributed by atoms with Gasteiger partial charge in [-0.1, -0.05) is 12.1 Å². The van der Waals surface area contributed by atoms with Gasteiger partial charge in [0.05, 0.1) is 7.11 Å². The zero-order chi connectivity index (χ0) is 13.8. The molecule has 0 unspecified atom stereocenters. The average molecular weight is 256 g/mol. The molecule has 100 valence electrons. The van der Waals surface area contributed by atoms with Crippen molar-refractivity contribution in [2.24, 2.45) is 0 Å². The Morgan fingerprint density at radius 3 is 2.00 bits per heavy atom. The third kappa shape index (κ3) is 3.75. The molecule has 0 radical (unpaired) electrons. The van der Waals surface area contributed by atoms with Crippen molar-refractivity contribution in [2.75, 3.05) is 7.11 Å². The van der Waals surface area contributed by atoms with E-state index in [2.05, 4.69) is 25.1 Å². The molecule has 0 spiro atoms. The normalized spacial score (nSPS) is 10.5. The maximum Gasteiger partial charge on any atom is 0.119 e. The molecule has 0 aliphatic heterocycles. The van der Waals surface area contributed by atoms with Crippen LogP contribution in [0.3, 0.4) is 0 Å². The molecule has 1 N–H and O–H groups in total. The standard InChI is InChI=1S/C17H20O2/c1-12-6-14(10-16(18)8-12)4-5-15-7-13(2)9-17(11-15)19-3/h6-11,18H,4-5H2,1-3H3. The summed E-state index contributed by atoms with van der Waals surface area (Å²) < 4.78 is 5.29. The molecule has 19 heavy (non-hydrogen) atoms. The van der Waals surface area contributed by atoms with Crippen LogP contribution in [0, 0.1) is 13.8 Å². The van der Waals surface area contributed by atoms with Crippen LogP contribution in [-0.4, -0.2) is 12.2 Å². The number of aromatic hydroxyl groups is 1. The Hall–Kier alpha value is -1.96. The molecule has 0 atom stereocenters. The minimum Gasteiger partial charge on any atom is -0.508 e. The first-order chi connectivity index (χ1) is 9.06. The number of phenolic OH excluding ortho intramolecular Hbond substituents is 1. The Morgan fingerprint density at radius 1 is 0.842 bits per heavy atom. The smallest absolute Gasteiger partial charge is 0.119 e. The van der Waals surface area contributed by atoms with Gasteiger partial charge in [-0.15, -0.1) is 0 Å². The van der Waals surface area contributed by atoms with Crippen LogP contribution in [0.5, 0.6) is 11.5 Å². The summed E-state index contributed by atoms with van der Waals surface area (Å²) >= 11 is 0. The zero-order valence-corrected chi connectivity index (χ0v) is 11.7. The molecular formula is C17H20O2. The summed E-state index contributed by atoms with van der Waals surface area (Å²) in [4.78, 5) is 0. The van der Waals surface area contributed by atoms with Crippen molar-refractivity contribution in [3.8, 4) is 11.5 Å². The van der Waals surface area contributed by atoms with Gasteiger partial charge in [0.25, 0.3) is 0 Å². The van der Waals surface area contributed by atoms with Crippen LogP contribution in [-0.2, 0) is 12.8 Å². The lowest BCUT2D eigenvalue weighted by atomic mass is 10.0. The molecule has 2 aromatic carbocycles. The lowest BCUT2D eigenvalue weighted by Gasteiger charge is -2.08. The molecule has 0 fully saturated rings. The van der Waals surface area contributed by atoms with E-state index in [1.807, 2.05) is 19.1 Å². The van der Waals surface area contributed by atoms with Gasteiger partial charge in [-0.2, -0.15) is 0 Å². The first-order valence-corrected chi connectivity index (χ1v) is 6.51. The Kier molecular flexibility index (Phi) is 4.10. The molecule has 0 saturated heterocycles. The van der Waals surface area contributed by atoms with Gasteiger partial charge in [-0.3, -0.25) is 0 Å². The highest BCUT2D eigenvalue weighted by Crippen LogP contribution is 2.20. The molecule has 2 nitrogen and oxygen atoms in total. The van der Waals surface area contributed by atoms with Crippen LogP contribution in [0.15, 0.2) is 36.4 Å². The van der Waals surface area contributed by atoms with E-state index in [4.69, 9.17) is 4.74 Å². The quantitative estimate of drug-likeness (QED) is 0.901. The molecule has 0 aromatic heterocycles. The Labute approximate surface area is 114 Å². The monoisotopic (exact) mass is 256 g/mol. The van der Waals surface area contributed by atoms with E-state index in [1.165, 1.54) is 11.1 Å². The Bertz CT molecular complexity index is 553. The second-order valence-electron chi connectivity index (χ2n) is 5.04. The summed E-state index contributed by atoms with van der Waals surface area (Å²) in [6.45, 7) is 4.07. The molecule has 2 aromatic rings. The largest absolute Gasteiger partial charge is 0.508 e. The SMILES string of the molecule is COc1cc(C)cc(CCc2cc(C)cc(O)c2)c1. The van der Waals surface area contributed by atoms with Crippen LogP contribution < -0.4 is 4.74 Å².